The fraction of sp³-hybridized carbons (Fsp3) is 0.533. The van der Waals surface area contributed by atoms with Gasteiger partial charge in [0.25, 0.3) is 11.2 Å². The second kappa shape index (κ2) is 21.2. The van der Waals surface area contributed by atoms with Gasteiger partial charge in [-0.15, -0.1) is 0 Å². The highest BCUT2D eigenvalue weighted by Gasteiger charge is 2.50. The van der Waals surface area contributed by atoms with Crippen molar-refractivity contribution in [2.24, 2.45) is 0 Å². The molecule has 0 radical (unpaired) electrons. The van der Waals surface area contributed by atoms with Crippen molar-refractivity contribution in [1.82, 2.24) is 0 Å². The van der Waals surface area contributed by atoms with E-state index in [2.05, 4.69) is 83.1 Å². The molecule has 1 aliphatic carbocycles. The SMILES string of the molecule is CCOC(=O)C(C)(Oc1c2cc(C(C)(C)C)cc1Cc1cc(C(C)(C)C)cc(c1O)Cc1cc(C(C)(C)C)cc(c1OC(C)(C(=O)OCC)C(=O)OCC)Cc1cc(C(C)(C)C)cc(c1O)C2)C(=O)OCC. The van der Waals surface area contributed by atoms with Gasteiger partial charge < -0.3 is 38.6 Å². The second-order valence-corrected chi connectivity index (χ2v) is 23.4. The van der Waals surface area contributed by atoms with E-state index in [1.807, 2.05) is 48.5 Å². The minimum absolute atomic E-state index is 0.0211. The minimum atomic E-state index is -2.26. The van der Waals surface area contributed by atoms with Crippen molar-refractivity contribution >= 4 is 23.9 Å². The first-order chi connectivity index (χ1) is 33.2. The third kappa shape index (κ3) is 12.2. The molecule has 0 saturated heterocycles. The Hall–Kier alpha value is -6.04. The monoisotopic (exact) mass is 993 g/mol. The van der Waals surface area contributed by atoms with E-state index >= 15 is 0 Å². The van der Waals surface area contributed by atoms with Crippen LogP contribution in [0.15, 0.2) is 48.5 Å². The molecule has 0 spiro atoms. The lowest BCUT2D eigenvalue weighted by molar-refractivity contribution is -0.179. The summed E-state index contributed by atoms with van der Waals surface area (Å²) < 4.78 is 35.7. The van der Waals surface area contributed by atoms with E-state index in [4.69, 9.17) is 28.4 Å². The van der Waals surface area contributed by atoms with Gasteiger partial charge in [0.15, 0.2) is 0 Å². The lowest BCUT2D eigenvalue weighted by atomic mass is 9.79. The lowest BCUT2D eigenvalue weighted by Gasteiger charge is -2.32. The average molecular weight is 993 g/mol. The molecule has 0 aromatic heterocycles. The van der Waals surface area contributed by atoms with E-state index in [1.54, 1.807) is 27.7 Å². The third-order valence-corrected chi connectivity index (χ3v) is 13.3. The zero-order valence-electron chi connectivity index (χ0n) is 46.3. The van der Waals surface area contributed by atoms with Gasteiger partial charge >= 0.3 is 23.9 Å². The van der Waals surface area contributed by atoms with Crippen molar-refractivity contribution in [2.45, 2.75) is 183 Å². The Morgan fingerprint density at radius 1 is 0.361 bits per heavy atom. The second-order valence-electron chi connectivity index (χ2n) is 23.4. The Balaban J connectivity index is 2.05. The molecule has 8 bridgehead atoms. The Morgan fingerprint density at radius 3 is 0.708 bits per heavy atom. The number of hydrogen-bond donors (Lipinski definition) is 2. The summed E-state index contributed by atoms with van der Waals surface area (Å²) in [6, 6.07) is 15.8. The molecule has 0 heterocycles. The van der Waals surface area contributed by atoms with Gasteiger partial charge in [-0.2, -0.15) is 0 Å². The van der Waals surface area contributed by atoms with Crippen LogP contribution in [0.4, 0.5) is 0 Å². The number of fused-ring (bicyclic) bond motifs is 8. The topological polar surface area (TPSA) is 164 Å². The van der Waals surface area contributed by atoms with E-state index < -0.39 is 56.7 Å². The molecule has 0 amide bonds. The highest BCUT2D eigenvalue weighted by atomic mass is 16.6. The molecule has 0 aliphatic heterocycles. The van der Waals surface area contributed by atoms with Crippen LogP contribution in [0.3, 0.4) is 0 Å². The third-order valence-electron chi connectivity index (χ3n) is 13.3. The summed E-state index contributed by atoms with van der Waals surface area (Å²) in [5.41, 5.74) is 1.71. The van der Waals surface area contributed by atoms with Crippen molar-refractivity contribution in [3.63, 3.8) is 0 Å². The first-order valence-corrected chi connectivity index (χ1v) is 25.3. The molecule has 4 aromatic carbocycles. The van der Waals surface area contributed by atoms with Gasteiger partial charge in [0, 0.05) is 25.7 Å². The molecule has 2 N–H and O–H groups in total. The molecule has 1 aliphatic rings. The molecule has 0 fully saturated rings. The smallest absolute Gasteiger partial charge is 0.362 e. The summed E-state index contributed by atoms with van der Waals surface area (Å²) in [6.45, 7) is 34.2. The quantitative estimate of drug-likeness (QED) is 0.0692. The first-order valence-electron chi connectivity index (χ1n) is 25.3. The van der Waals surface area contributed by atoms with Gasteiger partial charge in [-0.1, -0.05) is 132 Å². The number of benzene rings is 4. The molecule has 12 heteroatoms. The van der Waals surface area contributed by atoms with Crippen molar-refractivity contribution in [2.75, 3.05) is 26.4 Å². The molecule has 72 heavy (non-hydrogen) atoms. The number of phenols is 2. The molecule has 392 valence electrons. The number of aromatic hydroxyl groups is 2. The van der Waals surface area contributed by atoms with Crippen LogP contribution in [-0.4, -0.2) is 71.7 Å². The normalized spacial score (nSPS) is 13.5. The van der Waals surface area contributed by atoms with Crippen LogP contribution in [0.2, 0.25) is 0 Å². The maximum atomic E-state index is 14.0. The van der Waals surface area contributed by atoms with E-state index in [-0.39, 0.29) is 75.1 Å². The molecule has 4 aromatic rings. The minimum Gasteiger partial charge on any atom is -0.507 e. The van der Waals surface area contributed by atoms with E-state index in [9.17, 15) is 29.4 Å². The maximum Gasteiger partial charge on any atom is 0.362 e. The van der Waals surface area contributed by atoms with Crippen LogP contribution in [0.5, 0.6) is 23.0 Å². The zero-order valence-corrected chi connectivity index (χ0v) is 46.3. The molecule has 12 nitrogen and oxygen atoms in total. The summed E-state index contributed by atoms with van der Waals surface area (Å²) in [5, 5.41) is 25.6. The van der Waals surface area contributed by atoms with Crippen molar-refractivity contribution in [3.8, 4) is 23.0 Å². The van der Waals surface area contributed by atoms with Crippen LogP contribution in [0, 0.1) is 0 Å². The van der Waals surface area contributed by atoms with Crippen LogP contribution in [-0.2, 0) is 85.5 Å². The summed E-state index contributed by atoms with van der Waals surface area (Å²) in [5.74, 6) is -3.36. The number of carbonyl (C=O) groups excluding carboxylic acids is 4. The van der Waals surface area contributed by atoms with E-state index in [0.29, 0.717) is 44.5 Å². The molecular weight excluding hydrogens is 913 g/mol. The Labute approximate surface area is 428 Å². The molecule has 0 unspecified atom stereocenters. The fourth-order valence-corrected chi connectivity index (χ4v) is 8.72. The number of hydrogen-bond acceptors (Lipinski definition) is 12. The Bertz CT molecular complexity index is 2380. The molecule has 0 atom stereocenters. The fourth-order valence-electron chi connectivity index (χ4n) is 8.72. The number of phenolic OH excluding ortho intramolecular Hbond substituents is 2. The van der Waals surface area contributed by atoms with Crippen LogP contribution in [0.1, 0.15) is 191 Å². The van der Waals surface area contributed by atoms with E-state index in [1.165, 1.54) is 13.8 Å². The predicted molar refractivity (Wildman–Crippen MR) is 280 cm³/mol. The predicted octanol–water partition coefficient (Wildman–Crippen LogP) is 11.5. The summed E-state index contributed by atoms with van der Waals surface area (Å²) in [4.78, 5) is 56.0. The molecular formula is C60H80O12. The van der Waals surface area contributed by atoms with Crippen LogP contribution < -0.4 is 9.47 Å². The molecule has 0 saturated carbocycles. The standard InChI is InChI=1S/C60H80O12/c1-19-67-51(63)59(17,52(64)68-20-2)71-49-39-23-35-27-43(55(5,6)7)29-37(47(35)61)25-41-33-46(58(14,15)16)34-42(50(41)72-60(18,53(65)69-21-3)54(66)70-22-4)26-38-30-44(56(8,9)10)28-36(48(38)62)24-40(49)32-45(31-39)57(11,12)13/h27-34,61-62H,19-26H2,1-18H3. The summed E-state index contributed by atoms with van der Waals surface area (Å²) in [6.07, 6.45) is 0.264. The summed E-state index contributed by atoms with van der Waals surface area (Å²) in [7, 11) is 0. The summed E-state index contributed by atoms with van der Waals surface area (Å²) >= 11 is 0. The molecule has 5 rings (SSSR count). The van der Waals surface area contributed by atoms with Crippen LogP contribution >= 0.6 is 0 Å². The Morgan fingerprint density at radius 2 is 0.542 bits per heavy atom. The van der Waals surface area contributed by atoms with Crippen molar-refractivity contribution in [1.29, 1.82) is 0 Å². The lowest BCUT2D eigenvalue weighted by Crippen LogP contribution is -2.51. The van der Waals surface area contributed by atoms with Gasteiger partial charge in [0.05, 0.1) is 26.4 Å². The number of ether oxygens (including phenoxy) is 6. The van der Waals surface area contributed by atoms with E-state index in [0.717, 1.165) is 22.3 Å². The van der Waals surface area contributed by atoms with Gasteiger partial charge in [-0.25, -0.2) is 19.2 Å². The van der Waals surface area contributed by atoms with Gasteiger partial charge in [0.2, 0.25) is 0 Å². The number of esters is 4. The van der Waals surface area contributed by atoms with Crippen LogP contribution in [0.25, 0.3) is 0 Å². The van der Waals surface area contributed by atoms with Gasteiger partial charge in [0.1, 0.15) is 23.0 Å². The Kier molecular flexibility index (Phi) is 16.7. The number of rotatable bonds is 12. The maximum absolute atomic E-state index is 14.0. The van der Waals surface area contributed by atoms with Crippen molar-refractivity contribution < 1.29 is 57.8 Å². The highest BCUT2D eigenvalue weighted by molar-refractivity contribution is 6.04. The first kappa shape index (κ1) is 56.9. The highest BCUT2D eigenvalue weighted by Crippen LogP contribution is 2.45. The largest absolute Gasteiger partial charge is 0.507 e. The zero-order chi connectivity index (χ0) is 54.1. The number of carbonyl (C=O) groups is 4. The average Bonchev–Trinajstić information content (AvgIpc) is 3.26. The van der Waals surface area contributed by atoms with Crippen molar-refractivity contribution in [3.05, 3.63) is 115 Å². The van der Waals surface area contributed by atoms with Gasteiger partial charge in [-0.05, 0) is 130 Å². The van der Waals surface area contributed by atoms with Gasteiger partial charge in [-0.3, -0.25) is 0 Å².